The van der Waals surface area contributed by atoms with Gasteiger partial charge in [-0.1, -0.05) is 48.5 Å². The van der Waals surface area contributed by atoms with Crippen molar-refractivity contribution in [2.45, 2.75) is 30.2 Å². The third kappa shape index (κ3) is 3.68. The van der Waals surface area contributed by atoms with Gasteiger partial charge in [0.25, 0.3) is 5.91 Å². The molecule has 1 aliphatic carbocycles. The summed E-state index contributed by atoms with van der Waals surface area (Å²) in [6.07, 6.45) is 5.62. The zero-order valence-electron chi connectivity index (χ0n) is 16.0. The molecular formula is C25H22N2OS. The van der Waals surface area contributed by atoms with E-state index in [-0.39, 0.29) is 5.91 Å². The van der Waals surface area contributed by atoms with Gasteiger partial charge in [-0.25, -0.2) is 0 Å². The lowest BCUT2D eigenvalue weighted by Crippen LogP contribution is -2.39. The zero-order valence-corrected chi connectivity index (χ0v) is 16.9. The van der Waals surface area contributed by atoms with Crippen molar-refractivity contribution < 1.29 is 4.79 Å². The van der Waals surface area contributed by atoms with Gasteiger partial charge in [0.2, 0.25) is 0 Å². The highest BCUT2D eigenvalue weighted by molar-refractivity contribution is 7.98. The lowest BCUT2D eigenvalue weighted by atomic mass is 9.93. The number of carbonyl (C=O) groups excluding carboxylic acids is 1. The Balaban J connectivity index is 1.41. The number of hydrogen-bond donors (Lipinski definition) is 1. The molecule has 1 amide bonds. The van der Waals surface area contributed by atoms with Gasteiger partial charge in [0.05, 0.1) is 5.52 Å². The molecule has 0 aliphatic heterocycles. The number of fused-ring (bicyclic) bond motifs is 1. The molecule has 0 radical (unpaired) electrons. The highest BCUT2D eigenvalue weighted by Crippen LogP contribution is 2.35. The number of nitrogens with zero attached hydrogens (tertiary/aromatic N) is 1. The summed E-state index contributed by atoms with van der Waals surface area (Å²) in [5, 5.41) is 4.34. The van der Waals surface area contributed by atoms with Crippen molar-refractivity contribution in [2.75, 3.05) is 0 Å². The van der Waals surface area contributed by atoms with Crippen LogP contribution in [0.25, 0.3) is 22.0 Å². The van der Waals surface area contributed by atoms with E-state index < -0.39 is 0 Å². The Morgan fingerprint density at radius 2 is 1.62 bits per heavy atom. The van der Waals surface area contributed by atoms with Gasteiger partial charge >= 0.3 is 0 Å². The van der Waals surface area contributed by atoms with Crippen LogP contribution in [0.4, 0.5) is 0 Å². The summed E-state index contributed by atoms with van der Waals surface area (Å²) in [6, 6.07) is 27.2. The molecule has 4 heteroatoms. The first kappa shape index (κ1) is 18.1. The van der Waals surface area contributed by atoms with E-state index in [1.807, 2.05) is 30.3 Å². The van der Waals surface area contributed by atoms with Gasteiger partial charge in [-0.3, -0.25) is 8.77 Å². The number of aromatic nitrogens is 1. The minimum absolute atomic E-state index is 0.0315. The van der Waals surface area contributed by atoms with Crippen LogP contribution < -0.4 is 5.32 Å². The van der Waals surface area contributed by atoms with Gasteiger partial charge in [-0.05, 0) is 67.1 Å². The first-order valence-corrected chi connectivity index (χ1v) is 10.8. The summed E-state index contributed by atoms with van der Waals surface area (Å²) < 4.78 is 2.21. The van der Waals surface area contributed by atoms with Crippen molar-refractivity contribution >= 4 is 28.8 Å². The standard InChI is InChI=1S/C25H22N2OS/c28-25(26-20-9-6-10-20)19-13-15-21(16-14-19)29-27-17-23(18-7-2-1-3-8-18)22-11-4-5-12-24(22)27/h1-5,7-8,11-17,20H,6,9-10H2,(H,26,28). The van der Waals surface area contributed by atoms with E-state index in [1.54, 1.807) is 11.9 Å². The lowest BCUT2D eigenvalue weighted by Gasteiger charge is -2.26. The van der Waals surface area contributed by atoms with Gasteiger partial charge in [-0.15, -0.1) is 0 Å². The molecule has 0 unspecified atom stereocenters. The maximum atomic E-state index is 12.3. The third-order valence-corrected chi connectivity index (χ3v) is 6.51. The van der Waals surface area contributed by atoms with Crippen LogP contribution in [0.3, 0.4) is 0 Å². The largest absolute Gasteiger partial charge is 0.349 e. The first-order chi connectivity index (χ1) is 14.3. The second-order valence-corrected chi connectivity index (χ2v) is 8.52. The summed E-state index contributed by atoms with van der Waals surface area (Å²) in [5.74, 6) is 0.0315. The molecule has 1 fully saturated rings. The first-order valence-electron chi connectivity index (χ1n) is 10.0. The van der Waals surface area contributed by atoms with Crippen molar-refractivity contribution in [2.24, 2.45) is 0 Å². The highest BCUT2D eigenvalue weighted by atomic mass is 32.2. The molecule has 5 rings (SSSR count). The topological polar surface area (TPSA) is 34.0 Å². The fourth-order valence-corrected chi connectivity index (χ4v) is 4.58. The second kappa shape index (κ2) is 7.80. The summed E-state index contributed by atoms with van der Waals surface area (Å²) in [5.41, 5.74) is 4.35. The smallest absolute Gasteiger partial charge is 0.251 e. The molecule has 0 saturated heterocycles. The van der Waals surface area contributed by atoms with Crippen molar-refractivity contribution in [3.05, 3.63) is 90.6 Å². The molecule has 1 aromatic heterocycles. The zero-order chi connectivity index (χ0) is 19.6. The van der Waals surface area contributed by atoms with Gasteiger partial charge in [-0.2, -0.15) is 0 Å². The summed E-state index contributed by atoms with van der Waals surface area (Å²) in [7, 11) is 0. The van der Waals surface area contributed by atoms with Gasteiger partial charge in [0, 0.05) is 33.6 Å². The molecule has 3 aromatic carbocycles. The summed E-state index contributed by atoms with van der Waals surface area (Å²) >= 11 is 1.67. The summed E-state index contributed by atoms with van der Waals surface area (Å²) in [6.45, 7) is 0. The van der Waals surface area contributed by atoms with Crippen LogP contribution in [0.5, 0.6) is 0 Å². The SMILES string of the molecule is O=C(NC1CCC1)c1ccc(Sn2cc(-c3ccccc3)c3ccccc32)cc1. The predicted octanol–water partition coefficient (Wildman–Crippen LogP) is 6.15. The molecule has 1 N–H and O–H groups in total. The molecule has 1 aliphatic rings. The van der Waals surface area contributed by atoms with Crippen LogP contribution in [0, 0.1) is 0 Å². The number of nitrogens with one attached hydrogen (secondary N) is 1. The Kier molecular flexibility index (Phi) is 4.86. The van der Waals surface area contributed by atoms with Crippen molar-refractivity contribution in [1.82, 2.24) is 9.29 Å². The Morgan fingerprint density at radius 3 is 2.34 bits per heavy atom. The molecule has 3 nitrogen and oxygen atoms in total. The number of para-hydroxylation sites is 1. The normalized spacial score (nSPS) is 13.9. The van der Waals surface area contributed by atoms with E-state index >= 15 is 0 Å². The van der Waals surface area contributed by atoms with E-state index in [0.29, 0.717) is 6.04 Å². The van der Waals surface area contributed by atoms with E-state index in [0.717, 1.165) is 23.3 Å². The predicted molar refractivity (Wildman–Crippen MR) is 120 cm³/mol. The maximum absolute atomic E-state index is 12.3. The molecule has 0 atom stereocenters. The highest BCUT2D eigenvalue weighted by Gasteiger charge is 2.20. The Bertz CT molecular complexity index is 1140. The van der Waals surface area contributed by atoms with Gasteiger partial charge in [0.1, 0.15) is 0 Å². The summed E-state index contributed by atoms with van der Waals surface area (Å²) in [4.78, 5) is 13.4. The minimum atomic E-state index is 0.0315. The monoisotopic (exact) mass is 398 g/mol. The van der Waals surface area contributed by atoms with Crippen LogP contribution in [-0.4, -0.2) is 15.9 Å². The van der Waals surface area contributed by atoms with Gasteiger partial charge < -0.3 is 5.32 Å². The molecule has 4 aromatic rings. The van der Waals surface area contributed by atoms with Crippen LogP contribution in [0.1, 0.15) is 29.6 Å². The quantitative estimate of drug-likeness (QED) is 0.438. The lowest BCUT2D eigenvalue weighted by molar-refractivity contribution is 0.0917. The number of hydrogen-bond acceptors (Lipinski definition) is 2. The number of benzene rings is 3. The van der Waals surface area contributed by atoms with Crippen molar-refractivity contribution in [3.8, 4) is 11.1 Å². The molecule has 0 spiro atoms. The molecular weight excluding hydrogens is 376 g/mol. The van der Waals surface area contributed by atoms with Gasteiger partial charge in [0.15, 0.2) is 0 Å². The third-order valence-electron chi connectivity index (χ3n) is 5.52. The van der Waals surface area contributed by atoms with E-state index in [1.165, 1.54) is 28.5 Å². The van der Waals surface area contributed by atoms with Crippen LogP contribution in [-0.2, 0) is 0 Å². The van der Waals surface area contributed by atoms with E-state index in [2.05, 4.69) is 64.0 Å². The second-order valence-electron chi connectivity index (χ2n) is 7.47. The van der Waals surface area contributed by atoms with Crippen molar-refractivity contribution in [3.63, 3.8) is 0 Å². The molecule has 0 bridgehead atoms. The van der Waals surface area contributed by atoms with Crippen LogP contribution in [0.2, 0.25) is 0 Å². The Morgan fingerprint density at radius 1 is 0.897 bits per heavy atom. The Hall–Kier alpha value is -2.98. The molecule has 1 heterocycles. The molecule has 29 heavy (non-hydrogen) atoms. The number of rotatable bonds is 5. The average Bonchev–Trinajstić information content (AvgIpc) is 3.10. The molecule has 144 valence electrons. The number of amides is 1. The molecule has 1 saturated carbocycles. The van der Waals surface area contributed by atoms with Crippen LogP contribution in [0.15, 0.2) is 90.0 Å². The van der Waals surface area contributed by atoms with E-state index in [4.69, 9.17) is 0 Å². The van der Waals surface area contributed by atoms with Crippen molar-refractivity contribution in [1.29, 1.82) is 0 Å². The fourth-order valence-electron chi connectivity index (χ4n) is 3.68. The minimum Gasteiger partial charge on any atom is -0.349 e. The average molecular weight is 399 g/mol. The Labute approximate surface area is 174 Å². The maximum Gasteiger partial charge on any atom is 0.251 e. The fraction of sp³-hybridized carbons (Fsp3) is 0.160. The number of carbonyl (C=O) groups is 1. The van der Waals surface area contributed by atoms with E-state index in [9.17, 15) is 4.79 Å². The van der Waals surface area contributed by atoms with Crippen LogP contribution >= 0.6 is 11.9 Å².